The van der Waals surface area contributed by atoms with Crippen molar-refractivity contribution >= 4 is 37.6 Å². The Balaban J connectivity index is 3.28. The van der Waals surface area contributed by atoms with Gasteiger partial charge in [0.25, 0.3) is 0 Å². The van der Waals surface area contributed by atoms with Crippen molar-refractivity contribution in [3.63, 3.8) is 0 Å². The van der Waals surface area contributed by atoms with Crippen LogP contribution >= 0.6 is 27.5 Å². The van der Waals surface area contributed by atoms with Gasteiger partial charge in [0.15, 0.2) is 5.75 Å². The largest absolute Gasteiger partial charge is 0.494 e. The lowest BCUT2D eigenvalue weighted by Crippen LogP contribution is -2.39. The van der Waals surface area contributed by atoms with Gasteiger partial charge in [0.1, 0.15) is 4.90 Å². The number of nitrogens with two attached hydrogens (primary N) is 1. The molecule has 19 heavy (non-hydrogen) atoms. The molecule has 0 radical (unpaired) electrons. The number of ether oxygens (including phenoxy) is 1. The fourth-order valence-electron chi connectivity index (χ4n) is 1.52. The lowest BCUT2D eigenvalue weighted by Gasteiger charge is -2.17. The van der Waals surface area contributed by atoms with Crippen LogP contribution in [0.5, 0.6) is 5.75 Å². The van der Waals surface area contributed by atoms with E-state index in [9.17, 15) is 8.42 Å². The van der Waals surface area contributed by atoms with E-state index in [0.29, 0.717) is 15.9 Å². The zero-order valence-electron chi connectivity index (χ0n) is 10.6. The van der Waals surface area contributed by atoms with Gasteiger partial charge in [-0.25, -0.2) is 13.1 Å². The summed E-state index contributed by atoms with van der Waals surface area (Å²) in [6.45, 7) is 2.07. The number of nitrogens with one attached hydrogen (secondary N) is 1. The van der Waals surface area contributed by atoms with Gasteiger partial charge in [-0.05, 0) is 34.5 Å². The molecule has 1 atom stereocenters. The number of hydrogen-bond acceptors (Lipinski definition) is 4. The highest BCUT2D eigenvalue weighted by Crippen LogP contribution is 2.35. The molecule has 1 aromatic rings. The van der Waals surface area contributed by atoms with E-state index < -0.39 is 10.0 Å². The molecule has 0 amide bonds. The molecule has 0 heterocycles. The van der Waals surface area contributed by atoms with E-state index in [2.05, 4.69) is 20.7 Å². The smallest absolute Gasteiger partial charge is 0.244 e. The molecule has 1 rings (SSSR count). The first-order valence-corrected chi connectivity index (χ1v) is 8.26. The molecular weight excluding hydrogens is 356 g/mol. The molecule has 0 spiro atoms. The average Bonchev–Trinajstić information content (AvgIpc) is 2.35. The van der Waals surface area contributed by atoms with Crippen molar-refractivity contribution in [2.45, 2.75) is 24.3 Å². The van der Waals surface area contributed by atoms with Crippen LogP contribution in [0.1, 0.15) is 13.3 Å². The van der Waals surface area contributed by atoms with E-state index in [1.807, 2.05) is 6.92 Å². The first kappa shape index (κ1) is 16.7. The van der Waals surface area contributed by atoms with Crippen molar-refractivity contribution in [1.82, 2.24) is 4.72 Å². The van der Waals surface area contributed by atoms with Crippen LogP contribution in [0.2, 0.25) is 5.02 Å². The molecule has 1 unspecified atom stereocenters. The highest BCUT2D eigenvalue weighted by molar-refractivity contribution is 9.10. The van der Waals surface area contributed by atoms with E-state index in [-0.39, 0.29) is 23.2 Å². The summed E-state index contributed by atoms with van der Waals surface area (Å²) in [5.41, 5.74) is 5.51. The van der Waals surface area contributed by atoms with E-state index in [1.54, 1.807) is 6.07 Å². The second-order valence-corrected chi connectivity index (χ2v) is 6.85. The van der Waals surface area contributed by atoms with Crippen molar-refractivity contribution in [1.29, 1.82) is 0 Å². The average molecular weight is 372 g/mol. The van der Waals surface area contributed by atoms with Crippen LogP contribution in [0.15, 0.2) is 21.5 Å². The summed E-state index contributed by atoms with van der Waals surface area (Å²) in [6, 6.07) is 2.59. The van der Waals surface area contributed by atoms with Gasteiger partial charge >= 0.3 is 0 Å². The van der Waals surface area contributed by atoms with Crippen LogP contribution in [0.3, 0.4) is 0 Å². The molecule has 0 aliphatic rings. The Morgan fingerprint density at radius 1 is 1.53 bits per heavy atom. The van der Waals surface area contributed by atoms with E-state index in [1.165, 1.54) is 13.2 Å². The van der Waals surface area contributed by atoms with Gasteiger partial charge in [-0.1, -0.05) is 18.5 Å². The summed E-state index contributed by atoms with van der Waals surface area (Å²) >= 11 is 9.11. The molecule has 0 aliphatic carbocycles. The quantitative estimate of drug-likeness (QED) is 0.802. The standard InChI is InChI=1S/C11H16BrClN2O3S/c1-3-8(6-14)15-19(16,17)10-5-7(13)4-9(12)11(10)18-2/h4-5,8,15H,3,6,14H2,1-2H3. The highest BCUT2D eigenvalue weighted by Gasteiger charge is 2.24. The molecule has 0 aliphatic heterocycles. The van der Waals surface area contributed by atoms with Crippen LogP contribution in [-0.2, 0) is 10.0 Å². The minimum atomic E-state index is -3.74. The Hall–Kier alpha value is -0.340. The van der Waals surface area contributed by atoms with Gasteiger partial charge in [-0.3, -0.25) is 0 Å². The Kier molecular flexibility index (Phi) is 6.07. The van der Waals surface area contributed by atoms with Gasteiger partial charge < -0.3 is 10.5 Å². The highest BCUT2D eigenvalue weighted by atomic mass is 79.9. The van der Waals surface area contributed by atoms with Gasteiger partial charge in [0.2, 0.25) is 10.0 Å². The maximum atomic E-state index is 12.3. The van der Waals surface area contributed by atoms with Crippen molar-refractivity contribution in [3.05, 3.63) is 21.6 Å². The molecule has 0 saturated heterocycles. The second kappa shape index (κ2) is 6.90. The van der Waals surface area contributed by atoms with E-state index in [0.717, 1.165) is 0 Å². The molecule has 3 N–H and O–H groups in total. The molecule has 0 fully saturated rings. The summed E-state index contributed by atoms with van der Waals surface area (Å²) in [4.78, 5) is -0.0127. The van der Waals surface area contributed by atoms with Gasteiger partial charge in [0.05, 0.1) is 11.6 Å². The van der Waals surface area contributed by atoms with Crippen molar-refractivity contribution in [2.75, 3.05) is 13.7 Å². The summed E-state index contributed by atoms with van der Waals surface area (Å²) in [6.07, 6.45) is 0.597. The normalized spacial score (nSPS) is 13.3. The van der Waals surface area contributed by atoms with E-state index >= 15 is 0 Å². The number of rotatable bonds is 6. The third-order valence-electron chi connectivity index (χ3n) is 2.57. The maximum absolute atomic E-state index is 12.3. The summed E-state index contributed by atoms with van der Waals surface area (Å²) < 4.78 is 32.7. The van der Waals surface area contributed by atoms with Crippen LogP contribution < -0.4 is 15.2 Å². The minimum absolute atomic E-state index is 0.0127. The number of benzene rings is 1. The first-order chi connectivity index (χ1) is 8.85. The van der Waals surface area contributed by atoms with Crippen LogP contribution in [-0.4, -0.2) is 28.1 Å². The maximum Gasteiger partial charge on any atom is 0.244 e. The summed E-state index contributed by atoms with van der Waals surface area (Å²) in [5, 5.41) is 0.300. The third-order valence-corrected chi connectivity index (χ3v) is 4.90. The Morgan fingerprint density at radius 3 is 2.63 bits per heavy atom. The molecule has 1 aromatic carbocycles. The number of methoxy groups -OCH3 is 1. The topological polar surface area (TPSA) is 81.4 Å². The van der Waals surface area contributed by atoms with Gasteiger partial charge in [-0.15, -0.1) is 0 Å². The molecule has 5 nitrogen and oxygen atoms in total. The molecule has 108 valence electrons. The molecule has 0 aromatic heterocycles. The van der Waals surface area contributed by atoms with Crippen LogP contribution in [0.25, 0.3) is 0 Å². The summed E-state index contributed by atoms with van der Waals surface area (Å²) in [5.74, 6) is 0.212. The molecule has 8 heteroatoms. The van der Waals surface area contributed by atoms with Gasteiger partial charge in [-0.2, -0.15) is 0 Å². The molecule has 0 saturated carbocycles. The molecular formula is C11H16BrClN2O3S. The third kappa shape index (κ3) is 4.06. The predicted molar refractivity (Wildman–Crippen MR) is 79.2 cm³/mol. The Bertz CT molecular complexity index is 547. The zero-order valence-corrected chi connectivity index (χ0v) is 13.8. The predicted octanol–water partition coefficient (Wildman–Crippen LogP) is 2.13. The SMILES string of the molecule is CCC(CN)NS(=O)(=O)c1cc(Cl)cc(Br)c1OC. The van der Waals surface area contributed by atoms with Crippen molar-refractivity contribution in [3.8, 4) is 5.75 Å². The minimum Gasteiger partial charge on any atom is -0.494 e. The second-order valence-electron chi connectivity index (χ2n) is 3.88. The number of sulfonamides is 1. The number of hydrogen-bond donors (Lipinski definition) is 2. The fourth-order valence-corrected chi connectivity index (χ4v) is 4.23. The monoisotopic (exact) mass is 370 g/mol. The fraction of sp³-hybridized carbons (Fsp3) is 0.455. The van der Waals surface area contributed by atoms with Crippen LogP contribution in [0, 0.1) is 0 Å². The first-order valence-electron chi connectivity index (χ1n) is 5.61. The van der Waals surface area contributed by atoms with Gasteiger partial charge in [0, 0.05) is 17.6 Å². The van der Waals surface area contributed by atoms with Crippen molar-refractivity contribution < 1.29 is 13.2 Å². The van der Waals surface area contributed by atoms with Crippen LogP contribution in [0.4, 0.5) is 0 Å². The lowest BCUT2D eigenvalue weighted by molar-refractivity contribution is 0.399. The Labute approximate surface area is 126 Å². The van der Waals surface area contributed by atoms with E-state index in [4.69, 9.17) is 22.1 Å². The lowest BCUT2D eigenvalue weighted by atomic mass is 10.2. The Morgan fingerprint density at radius 2 is 2.16 bits per heavy atom. The molecule has 0 bridgehead atoms. The van der Waals surface area contributed by atoms with Crippen molar-refractivity contribution in [2.24, 2.45) is 5.73 Å². The zero-order chi connectivity index (χ0) is 14.6. The number of halogens is 2. The summed E-state index contributed by atoms with van der Waals surface area (Å²) in [7, 11) is -2.34.